The molecule has 1 atom stereocenters. The van der Waals surface area contributed by atoms with Gasteiger partial charge in [0.25, 0.3) is 0 Å². The molecule has 0 aliphatic carbocycles. The molecule has 1 N–H and O–H groups in total. The van der Waals surface area contributed by atoms with Gasteiger partial charge in [0.05, 0.1) is 4.47 Å². The fraction of sp³-hybridized carbons (Fsp3) is 0.667. The molecule has 3 nitrogen and oxygen atoms in total. The van der Waals surface area contributed by atoms with Gasteiger partial charge in [-0.2, -0.15) is 0 Å². The summed E-state index contributed by atoms with van der Waals surface area (Å²) in [5.74, 6) is 1.23. The zero-order chi connectivity index (χ0) is 12.6. The summed E-state index contributed by atoms with van der Waals surface area (Å²) in [7, 11) is 0. The minimum atomic E-state index is -0.308. The van der Waals surface area contributed by atoms with Crippen LogP contribution in [0.2, 0.25) is 0 Å². The van der Waals surface area contributed by atoms with Gasteiger partial charge in [-0.05, 0) is 41.6 Å². The summed E-state index contributed by atoms with van der Waals surface area (Å²) in [5.41, 5.74) is 0.787. The highest BCUT2D eigenvalue weighted by atomic mass is 79.9. The lowest BCUT2D eigenvalue weighted by atomic mass is 10.0. The van der Waals surface area contributed by atoms with Crippen molar-refractivity contribution in [1.29, 1.82) is 0 Å². The molecule has 0 aromatic carbocycles. The zero-order valence-corrected chi connectivity index (χ0v) is 12.7. The number of rotatable bonds is 2. The standard InChI is InChI=1S/C12H17BrN2OS/c1-7(2)9-8(13)10(17)15-11(14-9)12(3)5-4-6-16-12/h7H,4-6H2,1-3H3,(H,14,15,17). The number of nitrogens with zero attached hydrogens (tertiary/aromatic N) is 1. The normalized spacial score (nSPS) is 24.5. The van der Waals surface area contributed by atoms with Gasteiger partial charge in [-0.25, -0.2) is 4.98 Å². The third kappa shape index (κ3) is 2.46. The molecule has 5 heteroatoms. The van der Waals surface area contributed by atoms with Crippen molar-refractivity contribution in [2.45, 2.75) is 45.1 Å². The second-order valence-corrected chi connectivity index (χ2v) is 6.14. The van der Waals surface area contributed by atoms with Crippen molar-refractivity contribution >= 4 is 28.1 Å². The van der Waals surface area contributed by atoms with Crippen LogP contribution in [0.5, 0.6) is 0 Å². The second kappa shape index (κ2) is 4.78. The van der Waals surface area contributed by atoms with E-state index in [9.17, 15) is 0 Å². The summed E-state index contributed by atoms with van der Waals surface area (Å²) in [6, 6.07) is 0. The smallest absolute Gasteiger partial charge is 0.144 e. The molecular formula is C12H17BrN2OS. The van der Waals surface area contributed by atoms with Gasteiger partial charge in [0.1, 0.15) is 16.1 Å². The molecule has 1 saturated heterocycles. The van der Waals surface area contributed by atoms with Crippen molar-refractivity contribution < 1.29 is 4.74 Å². The molecule has 0 bridgehead atoms. The van der Waals surface area contributed by atoms with Crippen molar-refractivity contribution in [2.75, 3.05) is 6.61 Å². The summed E-state index contributed by atoms with van der Waals surface area (Å²) < 4.78 is 7.31. The first-order chi connectivity index (χ1) is 7.94. The highest BCUT2D eigenvalue weighted by molar-refractivity contribution is 9.10. The van der Waals surface area contributed by atoms with Gasteiger partial charge < -0.3 is 9.72 Å². The molecule has 94 valence electrons. The van der Waals surface area contributed by atoms with Crippen molar-refractivity contribution in [3.63, 3.8) is 0 Å². The van der Waals surface area contributed by atoms with Gasteiger partial charge >= 0.3 is 0 Å². The van der Waals surface area contributed by atoms with Gasteiger partial charge in [0, 0.05) is 12.3 Å². The van der Waals surface area contributed by atoms with Crippen molar-refractivity contribution in [1.82, 2.24) is 9.97 Å². The third-order valence-corrected chi connectivity index (χ3v) is 4.55. The molecule has 2 heterocycles. The van der Waals surface area contributed by atoms with Gasteiger partial charge in [-0.3, -0.25) is 0 Å². The van der Waals surface area contributed by atoms with E-state index in [1.807, 2.05) is 0 Å². The average Bonchev–Trinajstić information content (AvgIpc) is 2.69. The summed E-state index contributed by atoms with van der Waals surface area (Å²) in [4.78, 5) is 7.84. The maximum absolute atomic E-state index is 5.80. The van der Waals surface area contributed by atoms with E-state index in [0.29, 0.717) is 10.6 Å². The molecule has 17 heavy (non-hydrogen) atoms. The van der Waals surface area contributed by atoms with E-state index in [2.05, 4.69) is 46.7 Å². The summed E-state index contributed by atoms with van der Waals surface area (Å²) in [5, 5.41) is 0. The molecule has 1 unspecified atom stereocenters. The highest BCUT2D eigenvalue weighted by Crippen LogP contribution is 2.35. The van der Waals surface area contributed by atoms with Crippen LogP contribution in [0.25, 0.3) is 0 Å². The maximum Gasteiger partial charge on any atom is 0.144 e. The van der Waals surface area contributed by atoms with Crippen molar-refractivity contribution in [2.24, 2.45) is 0 Å². The maximum atomic E-state index is 5.80. The van der Waals surface area contributed by atoms with Gasteiger partial charge in [0.15, 0.2) is 0 Å². The molecule has 0 radical (unpaired) electrons. The number of aromatic amines is 1. The molecule has 0 saturated carbocycles. The zero-order valence-electron chi connectivity index (χ0n) is 10.3. The fourth-order valence-electron chi connectivity index (χ4n) is 2.09. The Labute approximate surface area is 115 Å². The predicted octanol–water partition coefficient (Wildman–Crippen LogP) is 4.05. The fourth-order valence-corrected chi connectivity index (χ4v) is 2.94. The molecule has 1 aliphatic heterocycles. The van der Waals surface area contributed by atoms with Crippen molar-refractivity contribution in [3.05, 3.63) is 20.6 Å². The van der Waals surface area contributed by atoms with E-state index < -0.39 is 0 Å². The minimum Gasteiger partial charge on any atom is -0.367 e. The van der Waals surface area contributed by atoms with Crippen LogP contribution in [0.3, 0.4) is 0 Å². The number of hydrogen-bond donors (Lipinski definition) is 1. The topological polar surface area (TPSA) is 37.9 Å². The first-order valence-corrected chi connectivity index (χ1v) is 7.08. The highest BCUT2D eigenvalue weighted by Gasteiger charge is 2.34. The Kier molecular flexibility index (Phi) is 3.71. The lowest BCUT2D eigenvalue weighted by molar-refractivity contribution is 0.00899. The number of ether oxygens (including phenoxy) is 1. The Bertz CT molecular complexity index is 478. The van der Waals surface area contributed by atoms with Crippen LogP contribution in [0.1, 0.15) is 51.0 Å². The third-order valence-electron chi connectivity index (χ3n) is 3.19. The lowest BCUT2D eigenvalue weighted by Crippen LogP contribution is -2.24. The Morgan fingerprint density at radius 3 is 2.76 bits per heavy atom. The van der Waals surface area contributed by atoms with E-state index in [1.54, 1.807) is 0 Å². The first kappa shape index (κ1) is 13.2. The Morgan fingerprint density at radius 2 is 2.24 bits per heavy atom. The summed E-state index contributed by atoms with van der Waals surface area (Å²) in [6.07, 6.45) is 2.07. The van der Waals surface area contributed by atoms with E-state index in [0.717, 1.165) is 35.4 Å². The molecule has 1 aromatic rings. The van der Waals surface area contributed by atoms with Crippen LogP contribution < -0.4 is 0 Å². The van der Waals surface area contributed by atoms with E-state index in [1.165, 1.54) is 0 Å². The van der Waals surface area contributed by atoms with Gasteiger partial charge in [-0.15, -0.1) is 0 Å². The second-order valence-electron chi connectivity index (χ2n) is 4.96. The monoisotopic (exact) mass is 316 g/mol. The molecule has 1 aliphatic rings. The first-order valence-electron chi connectivity index (χ1n) is 5.88. The molecule has 0 spiro atoms. The largest absolute Gasteiger partial charge is 0.367 e. The Morgan fingerprint density at radius 1 is 1.53 bits per heavy atom. The summed E-state index contributed by atoms with van der Waals surface area (Å²) in [6.45, 7) is 7.14. The predicted molar refractivity (Wildman–Crippen MR) is 73.7 cm³/mol. The lowest BCUT2D eigenvalue weighted by Gasteiger charge is -2.23. The van der Waals surface area contributed by atoms with Crippen LogP contribution in [0.4, 0.5) is 0 Å². The van der Waals surface area contributed by atoms with E-state index >= 15 is 0 Å². The van der Waals surface area contributed by atoms with Crippen LogP contribution in [0.15, 0.2) is 4.47 Å². The average molecular weight is 317 g/mol. The quantitative estimate of drug-likeness (QED) is 0.836. The molecule has 0 amide bonds. The molecule has 1 aromatic heterocycles. The SMILES string of the molecule is CC(C)c1[nH]c(C2(C)CCCO2)nc(=S)c1Br. The van der Waals surface area contributed by atoms with E-state index in [4.69, 9.17) is 17.0 Å². The number of H-pyrrole nitrogens is 1. The molecule has 1 fully saturated rings. The van der Waals surface area contributed by atoms with Crippen LogP contribution >= 0.6 is 28.1 Å². The van der Waals surface area contributed by atoms with Crippen LogP contribution in [-0.4, -0.2) is 16.6 Å². The van der Waals surface area contributed by atoms with Crippen molar-refractivity contribution in [3.8, 4) is 0 Å². The number of nitrogens with one attached hydrogen (secondary N) is 1. The van der Waals surface area contributed by atoms with Gasteiger partial charge in [0.2, 0.25) is 0 Å². The van der Waals surface area contributed by atoms with Crippen LogP contribution in [0, 0.1) is 4.64 Å². The number of hydrogen-bond acceptors (Lipinski definition) is 3. The summed E-state index contributed by atoms with van der Waals surface area (Å²) >= 11 is 8.80. The van der Waals surface area contributed by atoms with Gasteiger partial charge in [-0.1, -0.05) is 26.1 Å². The van der Waals surface area contributed by atoms with E-state index in [-0.39, 0.29) is 5.60 Å². The number of halogens is 1. The van der Waals surface area contributed by atoms with Crippen LogP contribution in [-0.2, 0) is 10.3 Å². The minimum absolute atomic E-state index is 0.308. The Balaban J connectivity index is 2.53. The molecule has 2 rings (SSSR count). The molecular weight excluding hydrogens is 300 g/mol. The number of aromatic nitrogens is 2. The Hall–Kier alpha value is -0.260.